The van der Waals surface area contributed by atoms with Gasteiger partial charge in [0.2, 0.25) is 11.8 Å². The average molecular weight is 386 g/mol. The van der Waals surface area contributed by atoms with Gasteiger partial charge in [0, 0.05) is 49.1 Å². The molecule has 3 rings (SSSR count). The van der Waals surface area contributed by atoms with Crippen molar-refractivity contribution in [1.82, 2.24) is 10.6 Å². The summed E-state index contributed by atoms with van der Waals surface area (Å²) in [5, 5.41) is 15.8. The number of hydrogen-bond acceptors (Lipinski definition) is 5. The highest BCUT2D eigenvalue weighted by molar-refractivity contribution is 7.98. The molecule has 6 nitrogen and oxygen atoms in total. The van der Waals surface area contributed by atoms with Crippen molar-refractivity contribution in [3.8, 4) is 0 Å². The number of carbonyl (C=O) groups is 2. The third-order valence-corrected chi connectivity index (χ3v) is 5.43. The van der Waals surface area contributed by atoms with Crippen molar-refractivity contribution in [2.24, 2.45) is 11.8 Å². The van der Waals surface area contributed by atoms with E-state index in [1.165, 1.54) is 0 Å². The van der Waals surface area contributed by atoms with E-state index in [0.29, 0.717) is 26.2 Å². The molecule has 1 aromatic rings. The summed E-state index contributed by atoms with van der Waals surface area (Å²) in [5.74, 6) is -0.413. The minimum absolute atomic E-state index is 0. The number of anilines is 1. The van der Waals surface area contributed by atoms with Crippen LogP contribution in [-0.4, -0.2) is 55.5 Å². The molecule has 138 valence electrons. The van der Waals surface area contributed by atoms with Gasteiger partial charge in [-0.25, -0.2) is 0 Å². The zero-order valence-electron chi connectivity index (χ0n) is 14.1. The van der Waals surface area contributed by atoms with Crippen molar-refractivity contribution in [3.05, 3.63) is 24.3 Å². The second kappa shape index (κ2) is 8.89. The number of halogens is 1. The van der Waals surface area contributed by atoms with Gasteiger partial charge in [0.15, 0.2) is 0 Å². The first kappa shape index (κ1) is 20.0. The molecule has 2 heterocycles. The maximum atomic E-state index is 12.4. The zero-order chi connectivity index (χ0) is 17.1. The van der Waals surface area contributed by atoms with Crippen molar-refractivity contribution in [1.29, 1.82) is 0 Å². The van der Waals surface area contributed by atoms with Gasteiger partial charge in [-0.2, -0.15) is 0 Å². The van der Waals surface area contributed by atoms with Crippen LogP contribution in [0.1, 0.15) is 6.42 Å². The standard InChI is InChI=1S/C17H23N3O3S.ClH/c1-24-14-4-2-3-13(6-14)20-10-11(5-16(20)22)17(23)19-8-12-7-18-9-15(12)21;/h2-4,6,11-12,15,18,21H,5,7-10H2,1H3,(H,19,23);1H. The van der Waals surface area contributed by atoms with Crippen LogP contribution in [0.5, 0.6) is 0 Å². The third-order valence-electron chi connectivity index (χ3n) is 4.70. The van der Waals surface area contributed by atoms with E-state index < -0.39 is 6.10 Å². The predicted octanol–water partition coefficient (Wildman–Crippen LogP) is 0.880. The molecule has 0 saturated carbocycles. The molecule has 3 unspecified atom stereocenters. The predicted molar refractivity (Wildman–Crippen MR) is 101 cm³/mol. The van der Waals surface area contributed by atoms with Crippen LogP contribution in [0.4, 0.5) is 5.69 Å². The highest BCUT2D eigenvalue weighted by Crippen LogP contribution is 2.28. The Balaban J connectivity index is 0.00000225. The number of nitrogens with one attached hydrogen (secondary N) is 2. The lowest BCUT2D eigenvalue weighted by Crippen LogP contribution is -2.38. The molecule has 0 radical (unpaired) electrons. The molecule has 2 saturated heterocycles. The first-order valence-electron chi connectivity index (χ1n) is 8.19. The van der Waals surface area contributed by atoms with E-state index in [-0.39, 0.29) is 42.5 Å². The lowest BCUT2D eigenvalue weighted by Gasteiger charge is -2.18. The molecule has 25 heavy (non-hydrogen) atoms. The van der Waals surface area contributed by atoms with Gasteiger partial charge in [0.25, 0.3) is 0 Å². The van der Waals surface area contributed by atoms with Gasteiger partial charge in [0.05, 0.1) is 12.0 Å². The van der Waals surface area contributed by atoms with E-state index in [9.17, 15) is 14.7 Å². The van der Waals surface area contributed by atoms with Crippen molar-refractivity contribution in [2.75, 3.05) is 37.3 Å². The van der Waals surface area contributed by atoms with Crippen LogP contribution in [0.25, 0.3) is 0 Å². The Kier molecular flexibility index (Phi) is 7.13. The van der Waals surface area contributed by atoms with Crippen LogP contribution in [0.3, 0.4) is 0 Å². The molecule has 0 aromatic heterocycles. The van der Waals surface area contributed by atoms with E-state index in [1.807, 2.05) is 30.5 Å². The maximum absolute atomic E-state index is 12.4. The summed E-state index contributed by atoms with van der Waals surface area (Å²) < 4.78 is 0. The van der Waals surface area contributed by atoms with Gasteiger partial charge in [-0.15, -0.1) is 24.2 Å². The van der Waals surface area contributed by atoms with Crippen LogP contribution in [0.15, 0.2) is 29.2 Å². The SMILES string of the molecule is CSc1cccc(N2CC(C(=O)NCC3CNCC3O)CC2=O)c1.Cl. The maximum Gasteiger partial charge on any atom is 0.227 e. The molecule has 2 aliphatic heterocycles. The number of benzene rings is 1. The largest absolute Gasteiger partial charge is 0.391 e. The fourth-order valence-electron chi connectivity index (χ4n) is 3.21. The van der Waals surface area contributed by atoms with Gasteiger partial charge >= 0.3 is 0 Å². The van der Waals surface area contributed by atoms with E-state index in [1.54, 1.807) is 16.7 Å². The minimum Gasteiger partial charge on any atom is -0.391 e. The van der Waals surface area contributed by atoms with Crippen LogP contribution in [-0.2, 0) is 9.59 Å². The molecular formula is C17H24ClN3O3S. The number of aliphatic hydroxyl groups excluding tert-OH is 1. The quantitative estimate of drug-likeness (QED) is 0.655. The fraction of sp³-hybridized carbons (Fsp3) is 0.529. The van der Waals surface area contributed by atoms with Gasteiger partial charge in [-0.05, 0) is 24.5 Å². The average Bonchev–Trinajstić information content (AvgIpc) is 3.18. The van der Waals surface area contributed by atoms with E-state index >= 15 is 0 Å². The van der Waals surface area contributed by atoms with Crippen LogP contribution in [0.2, 0.25) is 0 Å². The molecule has 2 aliphatic rings. The molecule has 3 N–H and O–H groups in total. The number of β-amino-alcohol motifs (C(OH)–C–C–N with tert-alkyl or cyclic N) is 1. The second-order valence-corrected chi connectivity index (χ2v) is 7.22. The Hall–Kier alpha value is -1.28. The lowest BCUT2D eigenvalue weighted by molar-refractivity contribution is -0.126. The number of hydrogen-bond donors (Lipinski definition) is 3. The number of carbonyl (C=O) groups excluding carboxylic acids is 2. The Morgan fingerprint density at radius 2 is 2.24 bits per heavy atom. The molecule has 2 fully saturated rings. The first-order chi connectivity index (χ1) is 11.6. The highest BCUT2D eigenvalue weighted by Gasteiger charge is 2.35. The molecule has 0 aliphatic carbocycles. The Morgan fingerprint density at radius 3 is 2.92 bits per heavy atom. The number of rotatable bonds is 5. The molecule has 8 heteroatoms. The molecule has 3 atom stereocenters. The fourth-order valence-corrected chi connectivity index (χ4v) is 3.67. The van der Waals surface area contributed by atoms with Gasteiger partial charge in [-0.3, -0.25) is 9.59 Å². The summed E-state index contributed by atoms with van der Waals surface area (Å²) in [4.78, 5) is 27.4. The molecule has 0 bridgehead atoms. The summed E-state index contributed by atoms with van der Waals surface area (Å²) in [5.41, 5.74) is 0.845. The number of nitrogens with zero attached hydrogens (tertiary/aromatic N) is 1. The molecule has 2 amide bonds. The molecule has 1 aromatic carbocycles. The van der Waals surface area contributed by atoms with Gasteiger partial charge in [-0.1, -0.05) is 6.07 Å². The summed E-state index contributed by atoms with van der Waals surface area (Å²) in [6.07, 6.45) is 1.81. The van der Waals surface area contributed by atoms with E-state index in [0.717, 1.165) is 10.6 Å². The van der Waals surface area contributed by atoms with Crippen molar-refractivity contribution in [3.63, 3.8) is 0 Å². The Morgan fingerprint density at radius 1 is 1.44 bits per heavy atom. The monoisotopic (exact) mass is 385 g/mol. The van der Waals surface area contributed by atoms with Crippen LogP contribution in [0, 0.1) is 11.8 Å². The first-order valence-corrected chi connectivity index (χ1v) is 9.42. The lowest BCUT2D eigenvalue weighted by atomic mass is 10.0. The van der Waals surface area contributed by atoms with Crippen molar-refractivity contribution >= 4 is 41.7 Å². The number of aliphatic hydroxyl groups is 1. The zero-order valence-corrected chi connectivity index (χ0v) is 15.7. The summed E-state index contributed by atoms with van der Waals surface area (Å²) >= 11 is 1.63. The van der Waals surface area contributed by atoms with Crippen LogP contribution < -0.4 is 15.5 Å². The summed E-state index contributed by atoms with van der Waals surface area (Å²) in [6.45, 7) is 2.13. The Bertz CT molecular complexity index is 631. The highest BCUT2D eigenvalue weighted by atomic mass is 35.5. The topological polar surface area (TPSA) is 81.7 Å². The minimum atomic E-state index is -0.415. The van der Waals surface area contributed by atoms with Crippen molar-refractivity contribution in [2.45, 2.75) is 17.4 Å². The van der Waals surface area contributed by atoms with E-state index in [2.05, 4.69) is 10.6 Å². The molecule has 0 spiro atoms. The number of amides is 2. The normalized spacial score (nSPS) is 25.8. The van der Waals surface area contributed by atoms with E-state index in [4.69, 9.17) is 0 Å². The second-order valence-electron chi connectivity index (χ2n) is 6.34. The van der Waals surface area contributed by atoms with Gasteiger partial charge < -0.3 is 20.6 Å². The van der Waals surface area contributed by atoms with Gasteiger partial charge in [0.1, 0.15) is 0 Å². The smallest absolute Gasteiger partial charge is 0.227 e. The summed E-state index contributed by atoms with van der Waals surface area (Å²) in [7, 11) is 0. The Labute approximate surface area is 158 Å². The van der Waals surface area contributed by atoms with Crippen LogP contribution >= 0.6 is 24.2 Å². The third kappa shape index (κ3) is 4.67. The molecular weight excluding hydrogens is 362 g/mol. The summed E-state index contributed by atoms with van der Waals surface area (Å²) in [6, 6.07) is 7.80. The van der Waals surface area contributed by atoms with Crippen molar-refractivity contribution < 1.29 is 14.7 Å². The number of thioether (sulfide) groups is 1.